The van der Waals surface area contributed by atoms with Crippen molar-refractivity contribution in [3.63, 3.8) is 0 Å². The summed E-state index contributed by atoms with van der Waals surface area (Å²) in [5.41, 5.74) is 0. The summed E-state index contributed by atoms with van der Waals surface area (Å²) in [6.07, 6.45) is 1.62. The average Bonchev–Trinajstić information content (AvgIpc) is 2.31. The molecule has 0 aliphatic rings. The zero-order chi connectivity index (χ0) is 12.5. The van der Waals surface area contributed by atoms with E-state index in [0.29, 0.717) is 13.2 Å². The minimum atomic E-state index is -0.243. The Kier molecular flexibility index (Phi) is 7.24. The van der Waals surface area contributed by atoms with E-state index in [4.69, 9.17) is 4.74 Å². The molecule has 0 aliphatic heterocycles. The van der Waals surface area contributed by atoms with E-state index in [2.05, 4.69) is 28.2 Å². The fourth-order valence-corrected chi connectivity index (χ4v) is 1.74. The average molecular weight is 302 g/mol. The highest BCUT2D eigenvalue weighted by Gasteiger charge is 2.00. The molecule has 96 valence electrons. The van der Waals surface area contributed by atoms with Crippen molar-refractivity contribution < 1.29 is 9.84 Å². The fourth-order valence-electron chi connectivity index (χ4n) is 1.48. The van der Waals surface area contributed by atoms with Crippen LogP contribution in [0.3, 0.4) is 0 Å². The number of hydrogen-bond donors (Lipinski definition) is 2. The maximum Gasteiger partial charge on any atom is 0.119 e. The SMILES string of the molecule is CCCC(O)CNCCOc1ccc(Br)cc1. The number of nitrogens with one attached hydrogen (secondary N) is 1. The van der Waals surface area contributed by atoms with Crippen LogP contribution in [0.4, 0.5) is 0 Å². The Morgan fingerprint density at radius 2 is 2.06 bits per heavy atom. The van der Waals surface area contributed by atoms with Gasteiger partial charge in [0.25, 0.3) is 0 Å². The van der Waals surface area contributed by atoms with Crippen molar-refractivity contribution in [2.75, 3.05) is 19.7 Å². The summed E-state index contributed by atoms with van der Waals surface area (Å²) in [5, 5.41) is 12.7. The largest absolute Gasteiger partial charge is 0.492 e. The molecule has 0 radical (unpaired) electrons. The summed E-state index contributed by atoms with van der Waals surface area (Å²) < 4.78 is 6.58. The molecular formula is C13H20BrNO2. The molecule has 0 saturated heterocycles. The number of aliphatic hydroxyl groups excluding tert-OH is 1. The standard InChI is InChI=1S/C13H20BrNO2/c1-2-3-12(16)10-15-8-9-17-13-6-4-11(14)5-7-13/h4-7,12,15-16H,2-3,8-10H2,1H3. The van der Waals surface area contributed by atoms with E-state index in [1.165, 1.54) is 0 Å². The Bertz CT molecular complexity index is 303. The topological polar surface area (TPSA) is 41.5 Å². The monoisotopic (exact) mass is 301 g/mol. The predicted molar refractivity (Wildman–Crippen MR) is 73.4 cm³/mol. The summed E-state index contributed by atoms with van der Waals surface area (Å²) >= 11 is 3.37. The third-order valence-corrected chi connectivity index (χ3v) is 2.89. The van der Waals surface area contributed by atoms with Gasteiger partial charge >= 0.3 is 0 Å². The van der Waals surface area contributed by atoms with Crippen molar-refractivity contribution in [1.29, 1.82) is 0 Å². The fraction of sp³-hybridized carbons (Fsp3) is 0.538. The van der Waals surface area contributed by atoms with Gasteiger partial charge in [0, 0.05) is 17.6 Å². The molecule has 3 nitrogen and oxygen atoms in total. The normalized spacial score (nSPS) is 12.4. The zero-order valence-electron chi connectivity index (χ0n) is 10.2. The second-order valence-electron chi connectivity index (χ2n) is 3.95. The lowest BCUT2D eigenvalue weighted by Crippen LogP contribution is -2.29. The highest BCUT2D eigenvalue weighted by Crippen LogP contribution is 2.15. The van der Waals surface area contributed by atoms with E-state index in [-0.39, 0.29) is 6.10 Å². The van der Waals surface area contributed by atoms with Crippen LogP contribution in [0, 0.1) is 0 Å². The molecule has 0 spiro atoms. The van der Waals surface area contributed by atoms with Crippen molar-refractivity contribution in [3.8, 4) is 5.75 Å². The van der Waals surface area contributed by atoms with Crippen LogP contribution in [-0.2, 0) is 0 Å². The van der Waals surface area contributed by atoms with Crippen LogP contribution < -0.4 is 10.1 Å². The second kappa shape index (κ2) is 8.50. The van der Waals surface area contributed by atoms with Gasteiger partial charge < -0.3 is 15.2 Å². The van der Waals surface area contributed by atoms with Gasteiger partial charge in [-0.25, -0.2) is 0 Å². The van der Waals surface area contributed by atoms with Crippen LogP contribution in [0.2, 0.25) is 0 Å². The molecule has 0 aliphatic carbocycles. The third kappa shape index (κ3) is 6.66. The van der Waals surface area contributed by atoms with E-state index in [9.17, 15) is 5.11 Å². The van der Waals surface area contributed by atoms with E-state index >= 15 is 0 Å². The van der Waals surface area contributed by atoms with Crippen LogP contribution in [0.15, 0.2) is 28.7 Å². The molecular weight excluding hydrogens is 282 g/mol. The first-order valence-electron chi connectivity index (χ1n) is 5.99. The number of halogens is 1. The molecule has 0 bridgehead atoms. The van der Waals surface area contributed by atoms with Gasteiger partial charge in [0.05, 0.1) is 6.10 Å². The predicted octanol–water partition coefficient (Wildman–Crippen LogP) is 2.58. The first kappa shape index (κ1) is 14.5. The van der Waals surface area contributed by atoms with Crippen LogP contribution >= 0.6 is 15.9 Å². The summed E-state index contributed by atoms with van der Waals surface area (Å²) in [6.45, 7) is 4.06. The highest BCUT2D eigenvalue weighted by atomic mass is 79.9. The van der Waals surface area contributed by atoms with Crippen molar-refractivity contribution in [1.82, 2.24) is 5.32 Å². The molecule has 0 aromatic heterocycles. The van der Waals surface area contributed by atoms with Crippen molar-refractivity contribution in [2.24, 2.45) is 0 Å². The number of ether oxygens (including phenoxy) is 1. The molecule has 0 heterocycles. The minimum Gasteiger partial charge on any atom is -0.492 e. The smallest absolute Gasteiger partial charge is 0.119 e. The van der Waals surface area contributed by atoms with E-state index in [1.807, 2.05) is 24.3 Å². The lowest BCUT2D eigenvalue weighted by molar-refractivity contribution is 0.158. The Labute approximate surface area is 111 Å². The first-order valence-corrected chi connectivity index (χ1v) is 6.79. The first-order chi connectivity index (χ1) is 8.22. The molecule has 1 aromatic carbocycles. The zero-order valence-corrected chi connectivity index (χ0v) is 11.7. The van der Waals surface area contributed by atoms with Crippen LogP contribution in [0.1, 0.15) is 19.8 Å². The maximum atomic E-state index is 9.49. The molecule has 1 aromatic rings. The number of aliphatic hydroxyl groups is 1. The summed E-state index contributed by atoms with van der Waals surface area (Å²) in [5.74, 6) is 0.865. The summed E-state index contributed by atoms with van der Waals surface area (Å²) in [4.78, 5) is 0. The van der Waals surface area contributed by atoms with Gasteiger partial charge in [-0.05, 0) is 30.7 Å². The Morgan fingerprint density at radius 1 is 1.35 bits per heavy atom. The van der Waals surface area contributed by atoms with Gasteiger partial charge in [0.15, 0.2) is 0 Å². The van der Waals surface area contributed by atoms with Crippen molar-refractivity contribution >= 4 is 15.9 Å². The van der Waals surface area contributed by atoms with Crippen molar-refractivity contribution in [2.45, 2.75) is 25.9 Å². The number of benzene rings is 1. The molecule has 0 amide bonds. The molecule has 4 heteroatoms. The van der Waals surface area contributed by atoms with Gasteiger partial charge in [0.1, 0.15) is 12.4 Å². The number of rotatable bonds is 8. The Hall–Kier alpha value is -0.580. The van der Waals surface area contributed by atoms with E-state index in [0.717, 1.165) is 29.6 Å². The van der Waals surface area contributed by atoms with E-state index < -0.39 is 0 Å². The Balaban J connectivity index is 2.06. The van der Waals surface area contributed by atoms with Crippen LogP contribution in [-0.4, -0.2) is 30.9 Å². The lowest BCUT2D eigenvalue weighted by Gasteiger charge is -2.11. The molecule has 1 unspecified atom stereocenters. The molecule has 1 atom stereocenters. The lowest BCUT2D eigenvalue weighted by atomic mass is 10.2. The second-order valence-corrected chi connectivity index (χ2v) is 4.86. The van der Waals surface area contributed by atoms with Crippen LogP contribution in [0.25, 0.3) is 0 Å². The molecule has 1 rings (SSSR count). The van der Waals surface area contributed by atoms with Gasteiger partial charge in [-0.2, -0.15) is 0 Å². The molecule has 0 fully saturated rings. The molecule has 0 saturated carbocycles. The quantitative estimate of drug-likeness (QED) is 0.725. The van der Waals surface area contributed by atoms with E-state index in [1.54, 1.807) is 0 Å². The molecule has 2 N–H and O–H groups in total. The van der Waals surface area contributed by atoms with Crippen LogP contribution in [0.5, 0.6) is 5.75 Å². The maximum absolute atomic E-state index is 9.49. The molecule has 17 heavy (non-hydrogen) atoms. The minimum absolute atomic E-state index is 0.243. The van der Waals surface area contributed by atoms with Gasteiger partial charge in [-0.1, -0.05) is 29.3 Å². The highest BCUT2D eigenvalue weighted by molar-refractivity contribution is 9.10. The van der Waals surface area contributed by atoms with Gasteiger partial charge in [0.2, 0.25) is 0 Å². The summed E-state index contributed by atoms with van der Waals surface area (Å²) in [6, 6.07) is 7.76. The Morgan fingerprint density at radius 3 is 2.71 bits per heavy atom. The third-order valence-electron chi connectivity index (χ3n) is 2.36. The van der Waals surface area contributed by atoms with Gasteiger partial charge in [-0.15, -0.1) is 0 Å². The number of hydrogen-bond acceptors (Lipinski definition) is 3. The van der Waals surface area contributed by atoms with Crippen molar-refractivity contribution in [3.05, 3.63) is 28.7 Å². The summed E-state index contributed by atoms with van der Waals surface area (Å²) in [7, 11) is 0. The van der Waals surface area contributed by atoms with Gasteiger partial charge in [-0.3, -0.25) is 0 Å².